The number of aliphatic carboxylic acids is 1. The normalized spacial score (nSPS) is 13.9. The van der Waals surface area contributed by atoms with Crippen molar-refractivity contribution in [3.8, 4) is 0 Å². The Bertz CT molecular complexity index is 258. The summed E-state index contributed by atoms with van der Waals surface area (Å²) in [6, 6.07) is -1.69. The molecule has 0 radical (unpaired) electrons. The van der Waals surface area contributed by atoms with Crippen molar-refractivity contribution in [3.05, 3.63) is 0 Å². The van der Waals surface area contributed by atoms with E-state index in [0.717, 1.165) is 6.42 Å². The number of carbonyl (C=O) groups is 2. The van der Waals surface area contributed by atoms with Crippen molar-refractivity contribution < 1.29 is 19.8 Å². The average Bonchev–Trinajstić information content (AvgIpc) is 2.31. The SMILES string of the molecule is CCC(C)CN(CC)C(=O)N[C@H](CO)C(=O)O. The Kier molecular flexibility index (Phi) is 7.29. The maximum atomic E-state index is 11.7. The third-order valence-electron chi connectivity index (χ3n) is 2.68. The van der Waals surface area contributed by atoms with Gasteiger partial charge in [-0.15, -0.1) is 0 Å². The molecule has 0 aromatic carbocycles. The second-order valence-electron chi connectivity index (χ2n) is 4.07. The summed E-state index contributed by atoms with van der Waals surface area (Å²) >= 11 is 0. The van der Waals surface area contributed by atoms with Crippen LogP contribution in [0.15, 0.2) is 0 Å². The molecule has 2 atom stereocenters. The third-order valence-corrected chi connectivity index (χ3v) is 2.68. The molecule has 2 amide bonds. The number of rotatable bonds is 7. The van der Waals surface area contributed by atoms with Crippen molar-refractivity contribution in [1.29, 1.82) is 0 Å². The highest BCUT2D eigenvalue weighted by Gasteiger charge is 2.22. The van der Waals surface area contributed by atoms with Crippen molar-refractivity contribution in [2.24, 2.45) is 5.92 Å². The van der Waals surface area contributed by atoms with Crippen LogP contribution < -0.4 is 5.32 Å². The molecule has 6 heteroatoms. The van der Waals surface area contributed by atoms with Gasteiger partial charge >= 0.3 is 12.0 Å². The molecule has 0 fully saturated rings. The lowest BCUT2D eigenvalue weighted by atomic mass is 10.1. The lowest BCUT2D eigenvalue weighted by Crippen LogP contribution is -2.50. The molecular weight excluding hydrogens is 224 g/mol. The van der Waals surface area contributed by atoms with E-state index in [1.165, 1.54) is 0 Å². The van der Waals surface area contributed by atoms with Gasteiger partial charge in [0.1, 0.15) is 0 Å². The van der Waals surface area contributed by atoms with Crippen molar-refractivity contribution in [2.75, 3.05) is 19.7 Å². The van der Waals surface area contributed by atoms with Crippen LogP contribution in [0, 0.1) is 5.92 Å². The number of nitrogens with zero attached hydrogens (tertiary/aromatic N) is 1. The number of carboxylic acids is 1. The van der Waals surface area contributed by atoms with Crippen LogP contribution in [0.3, 0.4) is 0 Å². The number of hydrogen-bond donors (Lipinski definition) is 3. The van der Waals surface area contributed by atoms with Gasteiger partial charge in [-0.25, -0.2) is 9.59 Å². The minimum Gasteiger partial charge on any atom is -0.480 e. The van der Waals surface area contributed by atoms with Crippen LogP contribution in [-0.2, 0) is 4.79 Å². The van der Waals surface area contributed by atoms with Crippen LogP contribution in [0.2, 0.25) is 0 Å². The van der Waals surface area contributed by atoms with Gasteiger partial charge in [-0.1, -0.05) is 20.3 Å². The lowest BCUT2D eigenvalue weighted by Gasteiger charge is -2.25. The van der Waals surface area contributed by atoms with Gasteiger partial charge in [0, 0.05) is 13.1 Å². The fourth-order valence-corrected chi connectivity index (χ4v) is 1.29. The quantitative estimate of drug-likeness (QED) is 0.610. The number of urea groups is 1. The van der Waals surface area contributed by atoms with Gasteiger partial charge in [-0.3, -0.25) is 0 Å². The van der Waals surface area contributed by atoms with Crippen molar-refractivity contribution in [3.63, 3.8) is 0 Å². The predicted molar refractivity (Wildman–Crippen MR) is 63.7 cm³/mol. The Morgan fingerprint density at radius 1 is 1.35 bits per heavy atom. The van der Waals surface area contributed by atoms with E-state index in [1.807, 2.05) is 20.8 Å². The maximum Gasteiger partial charge on any atom is 0.328 e. The molecule has 0 saturated carbocycles. The van der Waals surface area contributed by atoms with Crippen LogP contribution >= 0.6 is 0 Å². The molecule has 0 rings (SSSR count). The Morgan fingerprint density at radius 3 is 2.29 bits per heavy atom. The van der Waals surface area contributed by atoms with E-state index < -0.39 is 24.6 Å². The van der Waals surface area contributed by atoms with Crippen LogP contribution in [0.25, 0.3) is 0 Å². The molecule has 100 valence electrons. The first-order valence-electron chi connectivity index (χ1n) is 5.85. The van der Waals surface area contributed by atoms with Gasteiger partial charge in [0.05, 0.1) is 6.61 Å². The summed E-state index contributed by atoms with van der Waals surface area (Å²) in [5.41, 5.74) is 0. The number of carboxylic acid groups (broad SMARTS) is 1. The summed E-state index contributed by atoms with van der Waals surface area (Å²) in [6.45, 7) is 6.37. The first-order valence-corrected chi connectivity index (χ1v) is 5.85. The molecule has 17 heavy (non-hydrogen) atoms. The molecule has 3 N–H and O–H groups in total. The lowest BCUT2D eigenvalue weighted by molar-refractivity contribution is -0.140. The van der Waals surface area contributed by atoms with E-state index in [-0.39, 0.29) is 0 Å². The Hall–Kier alpha value is -1.30. The fourth-order valence-electron chi connectivity index (χ4n) is 1.29. The molecule has 1 unspecified atom stereocenters. The monoisotopic (exact) mass is 246 g/mol. The smallest absolute Gasteiger partial charge is 0.328 e. The Labute approximate surface area is 102 Å². The summed E-state index contributed by atoms with van der Waals surface area (Å²) in [4.78, 5) is 23.9. The highest BCUT2D eigenvalue weighted by Crippen LogP contribution is 2.04. The first kappa shape index (κ1) is 15.7. The molecule has 0 spiro atoms. The third kappa shape index (κ3) is 5.53. The highest BCUT2D eigenvalue weighted by molar-refractivity contribution is 5.82. The van der Waals surface area contributed by atoms with Crippen LogP contribution in [0.1, 0.15) is 27.2 Å². The zero-order valence-corrected chi connectivity index (χ0v) is 10.6. The first-order chi connectivity index (χ1) is 7.96. The highest BCUT2D eigenvalue weighted by atomic mass is 16.4. The number of hydrogen-bond acceptors (Lipinski definition) is 3. The Balaban J connectivity index is 4.38. The van der Waals surface area contributed by atoms with Crippen LogP contribution in [-0.4, -0.2) is 52.9 Å². The molecule has 0 aromatic heterocycles. The minimum absolute atomic E-state index is 0.359. The van der Waals surface area contributed by atoms with Gasteiger partial charge in [-0.05, 0) is 12.8 Å². The Morgan fingerprint density at radius 2 is 1.94 bits per heavy atom. The second-order valence-corrected chi connectivity index (χ2v) is 4.07. The number of nitrogens with one attached hydrogen (secondary N) is 1. The molecule has 0 aliphatic rings. The van der Waals surface area contributed by atoms with E-state index in [4.69, 9.17) is 10.2 Å². The van der Waals surface area contributed by atoms with Crippen molar-refractivity contribution in [2.45, 2.75) is 33.2 Å². The molecular formula is C11H22N2O4. The average molecular weight is 246 g/mol. The molecule has 6 nitrogen and oxygen atoms in total. The fraction of sp³-hybridized carbons (Fsp3) is 0.818. The maximum absolute atomic E-state index is 11.7. The predicted octanol–water partition coefficient (Wildman–Crippen LogP) is 0.509. The number of aliphatic hydroxyl groups is 1. The summed E-state index contributed by atoms with van der Waals surface area (Å²) in [5, 5.41) is 19.8. The van der Waals surface area contributed by atoms with Gasteiger partial charge in [0.25, 0.3) is 0 Å². The number of aliphatic hydroxyl groups excluding tert-OH is 1. The molecule has 0 aliphatic carbocycles. The molecule has 0 aromatic rings. The molecule has 0 aliphatic heterocycles. The summed E-state index contributed by atoms with van der Waals surface area (Å²) in [7, 11) is 0. The summed E-state index contributed by atoms with van der Waals surface area (Å²) < 4.78 is 0. The second kappa shape index (κ2) is 7.89. The standard InChI is InChI=1S/C11H22N2O4/c1-4-8(3)6-13(5-2)11(17)12-9(7-14)10(15)16/h8-9,14H,4-7H2,1-3H3,(H,12,17)(H,15,16)/t8?,9-/m1/s1. The zero-order valence-electron chi connectivity index (χ0n) is 10.6. The van der Waals surface area contributed by atoms with E-state index in [9.17, 15) is 9.59 Å². The van der Waals surface area contributed by atoms with Gasteiger partial charge in [0.15, 0.2) is 6.04 Å². The molecule has 0 bridgehead atoms. The number of amides is 2. The summed E-state index contributed by atoms with van der Waals surface area (Å²) in [6.07, 6.45) is 0.951. The van der Waals surface area contributed by atoms with Crippen molar-refractivity contribution in [1.82, 2.24) is 10.2 Å². The topological polar surface area (TPSA) is 89.9 Å². The summed E-state index contributed by atoms with van der Waals surface area (Å²) in [5.74, 6) is -0.876. The van der Waals surface area contributed by atoms with E-state index in [0.29, 0.717) is 19.0 Å². The largest absolute Gasteiger partial charge is 0.480 e. The van der Waals surface area contributed by atoms with Crippen molar-refractivity contribution >= 4 is 12.0 Å². The van der Waals surface area contributed by atoms with Gasteiger partial charge < -0.3 is 20.4 Å². The minimum atomic E-state index is -1.24. The molecule has 0 heterocycles. The zero-order chi connectivity index (χ0) is 13.4. The van der Waals surface area contributed by atoms with Gasteiger partial charge in [-0.2, -0.15) is 0 Å². The molecule has 0 saturated heterocycles. The van der Waals surface area contributed by atoms with E-state index >= 15 is 0 Å². The van der Waals surface area contributed by atoms with E-state index in [1.54, 1.807) is 4.90 Å². The van der Waals surface area contributed by atoms with Crippen LogP contribution in [0.5, 0.6) is 0 Å². The van der Waals surface area contributed by atoms with Crippen LogP contribution in [0.4, 0.5) is 4.79 Å². The van der Waals surface area contributed by atoms with Gasteiger partial charge in [0.2, 0.25) is 0 Å². The number of carbonyl (C=O) groups excluding carboxylic acids is 1. The van der Waals surface area contributed by atoms with E-state index in [2.05, 4.69) is 5.32 Å².